The quantitative estimate of drug-likeness (QED) is 0.390. The molecule has 0 aliphatic heterocycles. The van der Waals surface area contributed by atoms with E-state index < -0.39 is 0 Å². The second-order valence-electron chi connectivity index (χ2n) is 6.86. The molecule has 0 saturated heterocycles. The molecule has 2 aromatic heterocycles. The maximum Gasteiger partial charge on any atom is 0.287 e. The van der Waals surface area contributed by atoms with Crippen LogP contribution in [0.3, 0.4) is 0 Å². The smallest absolute Gasteiger partial charge is 0.287 e. The van der Waals surface area contributed by atoms with Gasteiger partial charge in [0, 0.05) is 10.4 Å². The molecule has 0 atom stereocenters. The van der Waals surface area contributed by atoms with Crippen LogP contribution in [0.5, 0.6) is 5.75 Å². The molecule has 1 amide bonds. The van der Waals surface area contributed by atoms with Crippen LogP contribution in [-0.4, -0.2) is 20.7 Å². The number of aryl methyl sites for hydroxylation is 2. The van der Waals surface area contributed by atoms with Crippen molar-refractivity contribution in [1.29, 1.82) is 0 Å². The van der Waals surface area contributed by atoms with E-state index in [2.05, 4.69) is 15.4 Å². The highest BCUT2D eigenvalue weighted by Gasteiger charge is 2.14. The van der Waals surface area contributed by atoms with Gasteiger partial charge in [0.25, 0.3) is 10.7 Å². The largest absolute Gasteiger partial charge is 0.484 e. The second-order valence-corrected chi connectivity index (χ2v) is 8.41. The summed E-state index contributed by atoms with van der Waals surface area (Å²) >= 11 is 6.60. The average molecular weight is 453 g/mol. The lowest BCUT2D eigenvalue weighted by atomic mass is 10.1. The van der Waals surface area contributed by atoms with Crippen molar-refractivity contribution in [2.75, 3.05) is 5.32 Å². The van der Waals surface area contributed by atoms with Crippen LogP contribution >= 0.6 is 23.6 Å². The van der Waals surface area contributed by atoms with Crippen molar-refractivity contribution in [1.82, 2.24) is 14.8 Å². The number of aromatic nitrogens is 3. The van der Waals surface area contributed by atoms with Crippen LogP contribution < -0.4 is 10.1 Å². The van der Waals surface area contributed by atoms with E-state index in [1.807, 2.05) is 68.4 Å². The van der Waals surface area contributed by atoms with E-state index in [1.54, 1.807) is 0 Å². The number of carbonyl (C=O) groups is 1. The summed E-state index contributed by atoms with van der Waals surface area (Å²) in [5, 5.41) is 7.57. The minimum absolute atomic E-state index is 0.0772. The second kappa shape index (κ2) is 9.23. The van der Waals surface area contributed by atoms with Gasteiger partial charge in [-0.25, -0.2) is 9.67 Å². The molecule has 0 fully saturated rings. The Balaban J connectivity index is 1.38. The molecule has 7 nitrogen and oxygen atoms in total. The number of carbonyl (C=O) groups excluding carboxylic acids is 1. The standard InChI is InChI=1S/C22H20N4O3S2/c1-14-8-10-17(11-9-14)28-13-19-25-26(22(30)29-19)12-18(27)23-21-24-20(15(2)31-21)16-6-4-3-5-7-16/h3-11H,12-13H2,1-2H3,(H,23,24,27). The average Bonchev–Trinajstić information content (AvgIpc) is 3.29. The number of nitrogens with zero attached hydrogens (tertiary/aromatic N) is 3. The number of nitrogens with one attached hydrogen (secondary N) is 1. The van der Waals surface area contributed by atoms with Crippen molar-refractivity contribution in [3.63, 3.8) is 0 Å². The molecule has 1 N–H and O–H groups in total. The molecule has 4 rings (SSSR count). The minimum Gasteiger partial charge on any atom is -0.484 e. The van der Waals surface area contributed by atoms with Crippen LogP contribution in [0, 0.1) is 18.7 Å². The van der Waals surface area contributed by atoms with Gasteiger partial charge in [0.15, 0.2) is 11.7 Å². The van der Waals surface area contributed by atoms with E-state index in [-0.39, 0.29) is 23.9 Å². The molecule has 0 saturated carbocycles. The molecule has 31 heavy (non-hydrogen) atoms. The van der Waals surface area contributed by atoms with Crippen LogP contribution in [0.4, 0.5) is 5.13 Å². The number of hydrogen-bond acceptors (Lipinski definition) is 7. The molecule has 2 heterocycles. The van der Waals surface area contributed by atoms with E-state index in [4.69, 9.17) is 21.4 Å². The molecule has 9 heteroatoms. The summed E-state index contributed by atoms with van der Waals surface area (Å²) in [6.07, 6.45) is 0. The summed E-state index contributed by atoms with van der Waals surface area (Å²) in [6.45, 7) is 4.02. The Kier molecular flexibility index (Phi) is 6.24. The molecule has 0 radical (unpaired) electrons. The lowest BCUT2D eigenvalue weighted by Gasteiger charge is -2.03. The van der Waals surface area contributed by atoms with Gasteiger partial charge in [-0.1, -0.05) is 48.0 Å². The zero-order valence-electron chi connectivity index (χ0n) is 17.0. The highest BCUT2D eigenvalue weighted by molar-refractivity contribution is 7.71. The zero-order valence-corrected chi connectivity index (χ0v) is 18.6. The first kappa shape index (κ1) is 21.0. The lowest BCUT2D eigenvalue weighted by Crippen LogP contribution is -2.19. The summed E-state index contributed by atoms with van der Waals surface area (Å²) in [6, 6.07) is 17.5. The fourth-order valence-electron chi connectivity index (χ4n) is 2.90. The van der Waals surface area contributed by atoms with Crippen LogP contribution in [0.15, 0.2) is 59.0 Å². The van der Waals surface area contributed by atoms with E-state index in [9.17, 15) is 4.79 Å². The summed E-state index contributed by atoms with van der Waals surface area (Å²) in [4.78, 5) is 18.2. The Morgan fingerprint density at radius 2 is 1.90 bits per heavy atom. The number of benzene rings is 2. The lowest BCUT2D eigenvalue weighted by molar-refractivity contribution is -0.117. The summed E-state index contributed by atoms with van der Waals surface area (Å²) < 4.78 is 12.4. The monoisotopic (exact) mass is 452 g/mol. The van der Waals surface area contributed by atoms with Crippen molar-refractivity contribution in [2.45, 2.75) is 27.0 Å². The summed E-state index contributed by atoms with van der Waals surface area (Å²) in [7, 11) is 0. The molecule has 4 aromatic rings. The van der Waals surface area contributed by atoms with Crippen molar-refractivity contribution in [3.05, 3.63) is 75.8 Å². The predicted molar refractivity (Wildman–Crippen MR) is 122 cm³/mol. The van der Waals surface area contributed by atoms with Gasteiger partial charge in [0.1, 0.15) is 12.3 Å². The maximum absolute atomic E-state index is 12.5. The molecule has 0 unspecified atom stereocenters. The zero-order chi connectivity index (χ0) is 21.8. The van der Waals surface area contributed by atoms with Gasteiger partial charge in [-0.05, 0) is 38.2 Å². The molecule has 0 aliphatic carbocycles. The van der Waals surface area contributed by atoms with Gasteiger partial charge in [-0.15, -0.1) is 16.4 Å². The van der Waals surface area contributed by atoms with Crippen LogP contribution in [0.1, 0.15) is 16.3 Å². The van der Waals surface area contributed by atoms with E-state index in [0.717, 1.165) is 21.7 Å². The van der Waals surface area contributed by atoms with Gasteiger partial charge in [0.2, 0.25) is 5.91 Å². The Morgan fingerprint density at radius 1 is 1.16 bits per heavy atom. The first-order chi connectivity index (χ1) is 15.0. The molecule has 0 spiro atoms. The molecular formula is C22H20N4O3S2. The predicted octanol–water partition coefficient (Wildman–Crippen LogP) is 5.16. The van der Waals surface area contributed by atoms with E-state index in [1.165, 1.54) is 16.0 Å². The van der Waals surface area contributed by atoms with Crippen molar-refractivity contribution in [2.24, 2.45) is 0 Å². The SMILES string of the molecule is Cc1ccc(OCc2nn(CC(=O)Nc3nc(-c4ccccc4)c(C)s3)c(=S)o2)cc1. The number of ether oxygens (including phenoxy) is 1. The van der Waals surface area contributed by atoms with E-state index in [0.29, 0.717) is 16.8 Å². The Hall–Kier alpha value is -3.30. The van der Waals surface area contributed by atoms with Gasteiger partial charge in [0.05, 0.1) is 5.69 Å². The number of rotatable bonds is 7. The molecule has 0 bridgehead atoms. The van der Waals surface area contributed by atoms with Gasteiger partial charge < -0.3 is 14.5 Å². The third-order valence-corrected chi connectivity index (χ3v) is 5.60. The van der Waals surface area contributed by atoms with Gasteiger partial charge >= 0.3 is 0 Å². The normalized spacial score (nSPS) is 10.8. The van der Waals surface area contributed by atoms with Crippen LogP contribution in [-0.2, 0) is 17.9 Å². The summed E-state index contributed by atoms with van der Waals surface area (Å²) in [5.41, 5.74) is 3.01. The highest BCUT2D eigenvalue weighted by atomic mass is 32.1. The first-order valence-electron chi connectivity index (χ1n) is 9.57. The highest BCUT2D eigenvalue weighted by Crippen LogP contribution is 2.30. The van der Waals surface area contributed by atoms with Gasteiger partial charge in [-0.3, -0.25) is 4.79 Å². The maximum atomic E-state index is 12.5. The molecular weight excluding hydrogens is 432 g/mol. The number of anilines is 1. The molecule has 2 aromatic carbocycles. The van der Waals surface area contributed by atoms with Gasteiger partial charge in [-0.2, -0.15) is 0 Å². The van der Waals surface area contributed by atoms with Crippen molar-refractivity contribution in [3.8, 4) is 17.0 Å². The minimum atomic E-state index is -0.288. The number of amides is 1. The number of thiazole rings is 1. The topological polar surface area (TPSA) is 82.2 Å². The van der Waals surface area contributed by atoms with E-state index >= 15 is 0 Å². The molecule has 158 valence electrons. The third kappa shape index (κ3) is 5.25. The Bertz CT molecular complexity index is 1240. The fourth-order valence-corrected chi connectivity index (χ4v) is 3.95. The Morgan fingerprint density at radius 3 is 2.65 bits per heavy atom. The third-order valence-electron chi connectivity index (χ3n) is 4.41. The van der Waals surface area contributed by atoms with Crippen LogP contribution in [0.2, 0.25) is 0 Å². The number of hydrogen-bond donors (Lipinski definition) is 1. The first-order valence-corrected chi connectivity index (χ1v) is 10.8. The Labute approximate surface area is 188 Å². The van der Waals surface area contributed by atoms with Crippen molar-refractivity contribution < 1.29 is 13.9 Å². The van der Waals surface area contributed by atoms with Crippen LogP contribution in [0.25, 0.3) is 11.3 Å². The molecule has 0 aliphatic rings. The van der Waals surface area contributed by atoms with Crippen molar-refractivity contribution >= 4 is 34.6 Å². The fraction of sp³-hybridized carbons (Fsp3) is 0.182. The summed E-state index contributed by atoms with van der Waals surface area (Å²) in [5.74, 6) is 0.714.